The number of carbonyl (C=O) groups excluding carboxylic acids is 2. The number of rotatable bonds is 6. The summed E-state index contributed by atoms with van der Waals surface area (Å²) in [6, 6.07) is 19.1. The third-order valence-electron chi connectivity index (χ3n) is 5.74. The average molecular weight is 414 g/mol. The molecule has 1 aliphatic rings. The summed E-state index contributed by atoms with van der Waals surface area (Å²) in [5.74, 6) is -0.176. The van der Waals surface area contributed by atoms with Gasteiger partial charge in [0.25, 0.3) is 11.8 Å². The summed E-state index contributed by atoms with van der Waals surface area (Å²) < 4.78 is 0. The van der Waals surface area contributed by atoms with Crippen molar-refractivity contribution in [3.63, 3.8) is 0 Å². The molecule has 0 unspecified atom stereocenters. The molecule has 0 spiro atoms. The molecule has 31 heavy (non-hydrogen) atoms. The van der Waals surface area contributed by atoms with E-state index in [1.165, 1.54) is 19.3 Å². The van der Waals surface area contributed by atoms with Gasteiger partial charge in [-0.05, 0) is 65.9 Å². The molecule has 0 aliphatic heterocycles. The lowest BCUT2D eigenvalue weighted by atomic mass is 9.95. The Labute approximate surface area is 182 Å². The Hall–Kier alpha value is -3.47. The van der Waals surface area contributed by atoms with Crippen LogP contribution in [-0.2, 0) is 6.54 Å². The molecule has 5 nitrogen and oxygen atoms in total. The van der Waals surface area contributed by atoms with Crippen LogP contribution in [0, 0.1) is 0 Å². The maximum absolute atomic E-state index is 12.6. The lowest BCUT2D eigenvalue weighted by Gasteiger charge is -2.22. The van der Waals surface area contributed by atoms with Gasteiger partial charge in [-0.1, -0.05) is 43.5 Å². The second kappa shape index (κ2) is 10.0. The van der Waals surface area contributed by atoms with Gasteiger partial charge in [0.2, 0.25) is 0 Å². The van der Waals surface area contributed by atoms with Crippen LogP contribution in [-0.4, -0.2) is 22.8 Å². The highest BCUT2D eigenvalue weighted by Crippen LogP contribution is 2.19. The maximum Gasteiger partial charge on any atom is 0.251 e. The van der Waals surface area contributed by atoms with Gasteiger partial charge >= 0.3 is 0 Å². The van der Waals surface area contributed by atoms with E-state index in [2.05, 4.69) is 15.6 Å². The molecule has 5 heteroatoms. The Balaban J connectivity index is 1.34. The Morgan fingerprint density at radius 2 is 1.52 bits per heavy atom. The fourth-order valence-electron chi connectivity index (χ4n) is 3.98. The fraction of sp³-hybridized carbons (Fsp3) is 0.269. The molecule has 1 aliphatic carbocycles. The molecule has 2 amide bonds. The van der Waals surface area contributed by atoms with Crippen LogP contribution in [0.15, 0.2) is 73.1 Å². The SMILES string of the molecule is O=C(NCc1cccc(C(=O)NC2CCCCC2)c1)c1ccc(-c2ccncc2)cc1. The minimum Gasteiger partial charge on any atom is -0.349 e. The summed E-state index contributed by atoms with van der Waals surface area (Å²) in [7, 11) is 0. The van der Waals surface area contributed by atoms with Crippen molar-refractivity contribution in [1.29, 1.82) is 0 Å². The van der Waals surface area contributed by atoms with Crippen LogP contribution in [0.2, 0.25) is 0 Å². The van der Waals surface area contributed by atoms with Crippen LogP contribution in [0.5, 0.6) is 0 Å². The van der Waals surface area contributed by atoms with Gasteiger partial charge in [0.15, 0.2) is 0 Å². The van der Waals surface area contributed by atoms with Crippen molar-refractivity contribution in [1.82, 2.24) is 15.6 Å². The molecular weight excluding hydrogens is 386 g/mol. The highest BCUT2D eigenvalue weighted by atomic mass is 16.2. The van der Waals surface area contributed by atoms with Crippen molar-refractivity contribution in [2.45, 2.75) is 44.7 Å². The van der Waals surface area contributed by atoms with E-state index in [1.807, 2.05) is 60.7 Å². The standard InChI is InChI=1S/C26H27N3O2/c30-25(22-11-9-20(10-12-22)21-13-15-27-16-14-21)28-18-19-5-4-6-23(17-19)26(31)29-24-7-2-1-3-8-24/h4-6,9-17,24H,1-3,7-8,18H2,(H,28,30)(H,29,31). The first-order valence-corrected chi connectivity index (χ1v) is 10.9. The first-order chi connectivity index (χ1) is 15.2. The number of hydrogen-bond acceptors (Lipinski definition) is 3. The van der Waals surface area contributed by atoms with Crippen molar-refractivity contribution in [2.75, 3.05) is 0 Å². The van der Waals surface area contributed by atoms with E-state index in [-0.39, 0.29) is 17.9 Å². The van der Waals surface area contributed by atoms with Gasteiger partial charge in [-0.25, -0.2) is 0 Å². The zero-order chi connectivity index (χ0) is 21.5. The second-order valence-corrected chi connectivity index (χ2v) is 8.00. The van der Waals surface area contributed by atoms with E-state index < -0.39 is 0 Å². The van der Waals surface area contributed by atoms with Crippen molar-refractivity contribution in [3.8, 4) is 11.1 Å². The maximum atomic E-state index is 12.6. The highest BCUT2D eigenvalue weighted by molar-refractivity contribution is 5.95. The molecule has 158 valence electrons. The van der Waals surface area contributed by atoms with Gasteiger partial charge < -0.3 is 10.6 Å². The zero-order valence-corrected chi connectivity index (χ0v) is 17.5. The second-order valence-electron chi connectivity index (χ2n) is 8.00. The largest absolute Gasteiger partial charge is 0.349 e. The van der Waals surface area contributed by atoms with Gasteiger partial charge in [-0.2, -0.15) is 0 Å². The summed E-state index contributed by atoms with van der Waals surface area (Å²) in [5, 5.41) is 6.08. The molecule has 0 saturated heterocycles. The van der Waals surface area contributed by atoms with E-state index in [9.17, 15) is 9.59 Å². The molecule has 0 bridgehead atoms. The van der Waals surface area contributed by atoms with Crippen LogP contribution in [0.1, 0.15) is 58.4 Å². The smallest absolute Gasteiger partial charge is 0.251 e. The highest BCUT2D eigenvalue weighted by Gasteiger charge is 2.17. The number of pyridine rings is 1. The van der Waals surface area contributed by atoms with E-state index in [0.717, 1.165) is 29.5 Å². The average Bonchev–Trinajstić information content (AvgIpc) is 2.84. The minimum absolute atomic E-state index is 0.0354. The normalized spacial score (nSPS) is 14.1. The van der Waals surface area contributed by atoms with Gasteiger partial charge in [0, 0.05) is 36.1 Å². The molecule has 3 aromatic rings. The summed E-state index contributed by atoms with van der Waals surface area (Å²) in [4.78, 5) is 29.1. The Kier molecular flexibility index (Phi) is 6.72. The summed E-state index contributed by atoms with van der Waals surface area (Å²) in [6.45, 7) is 0.371. The third kappa shape index (κ3) is 5.57. The van der Waals surface area contributed by atoms with Crippen molar-refractivity contribution < 1.29 is 9.59 Å². The number of hydrogen-bond donors (Lipinski definition) is 2. The summed E-state index contributed by atoms with van der Waals surface area (Å²) in [6.07, 6.45) is 9.23. The van der Waals surface area contributed by atoms with Crippen molar-refractivity contribution in [3.05, 3.63) is 89.7 Å². The minimum atomic E-state index is -0.140. The van der Waals surface area contributed by atoms with Crippen LogP contribution >= 0.6 is 0 Å². The Morgan fingerprint density at radius 1 is 0.806 bits per heavy atom. The van der Waals surface area contributed by atoms with Crippen LogP contribution < -0.4 is 10.6 Å². The topological polar surface area (TPSA) is 71.1 Å². The molecular formula is C26H27N3O2. The lowest BCUT2D eigenvalue weighted by Crippen LogP contribution is -2.36. The lowest BCUT2D eigenvalue weighted by molar-refractivity contribution is 0.0926. The number of nitrogens with zero attached hydrogens (tertiary/aromatic N) is 1. The molecule has 2 aromatic carbocycles. The molecule has 0 atom stereocenters. The summed E-state index contributed by atoms with van der Waals surface area (Å²) in [5.41, 5.74) is 4.24. The molecule has 4 rings (SSSR count). The number of carbonyl (C=O) groups is 2. The van der Waals surface area contributed by atoms with E-state index in [4.69, 9.17) is 0 Å². The van der Waals surface area contributed by atoms with Crippen LogP contribution in [0.3, 0.4) is 0 Å². The van der Waals surface area contributed by atoms with E-state index >= 15 is 0 Å². The van der Waals surface area contributed by atoms with Crippen molar-refractivity contribution in [2.24, 2.45) is 0 Å². The fourth-order valence-corrected chi connectivity index (χ4v) is 3.98. The molecule has 1 heterocycles. The van der Waals surface area contributed by atoms with Gasteiger partial charge in [-0.3, -0.25) is 14.6 Å². The zero-order valence-electron chi connectivity index (χ0n) is 17.5. The Morgan fingerprint density at radius 3 is 2.26 bits per heavy atom. The van der Waals surface area contributed by atoms with E-state index in [0.29, 0.717) is 17.7 Å². The number of benzene rings is 2. The predicted molar refractivity (Wildman–Crippen MR) is 122 cm³/mol. The van der Waals surface area contributed by atoms with Crippen molar-refractivity contribution >= 4 is 11.8 Å². The van der Waals surface area contributed by atoms with Crippen LogP contribution in [0.4, 0.5) is 0 Å². The predicted octanol–water partition coefficient (Wildman–Crippen LogP) is 4.74. The number of aromatic nitrogens is 1. The molecule has 1 saturated carbocycles. The van der Waals surface area contributed by atoms with Crippen LogP contribution in [0.25, 0.3) is 11.1 Å². The quantitative estimate of drug-likeness (QED) is 0.613. The summed E-state index contributed by atoms with van der Waals surface area (Å²) >= 11 is 0. The molecule has 1 aromatic heterocycles. The first kappa shape index (κ1) is 20.8. The number of nitrogens with one attached hydrogen (secondary N) is 2. The monoisotopic (exact) mass is 413 g/mol. The molecule has 2 N–H and O–H groups in total. The molecule has 1 fully saturated rings. The van der Waals surface area contributed by atoms with Gasteiger partial charge in [0.05, 0.1) is 0 Å². The Bertz CT molecular complexity index is 1030. The number of amides is 2. The van der Waals surface area contributed by atoms with E-state index in [1.54, 1.807) is 12.4 Å². The molecule has 0 radical (unpaired) electrons. The van der Waals surface area contributed by atoms with Gasteiger partial charge in [-0.15, -0.1) is 0 Å². The third-order valence-corrected chi connectivity index (χ3v) is 5.74. The van der Waals surface area contributed by atoms with Gasteiger partial charge in [0.1, 0.15) is 0 Å². The first-order valence-electron chi connectivity index (χ1n) is 10.9.